The number of imidazole rings is 1. The van der Waals surface area contributed by atoms with E-state index in [9.17, 15) is 5.11 Å². The third-order valence-corrected chi connectivity index (χ3v) is 4.66. The van der Waals surface area contributed by atoms with E-state index in [1.807, 2.05) is 0 Å². The van der Waals surface area contributed by atoms with Gasteiger partial charge in [0.2, 0.25) is 0 Å². The number of aromatic amines is 1. The molecule has 0 unspecified atom stereocenters. The molecule has 1 saturated heterocycles. The maximum absolute atomic E-state index is 9.60. The summed E-state index contributed by atoms with van der Waals surface area (Å²) in [5, 5.41) is 9.60. The summed E-state index contributed by atoms with van der Waals surface area (Å²) in [4.78, 5) is 8.13. The van der Waals surface area contributed by atoms with Gasteiger partial charge in [-0.15, -0.1) is 0 Å². The van der Waals surface area contributed by atoms with Gasteiger partial charge in [0.05, 0.1) is 36.3 Å². The molecule has 1 aliphatic carbocycles. The van der Waals surface area contributed by atoms with Crippen LogP contribution in [0.4, 0.5) is 0 Å². The lowest BCUT2D eigenvalue weighted by Crippen LogP contribution is -2.49. The van der Waals surface area contributed by atoms with Gasteiger partial charge in [0.1, 0.15) is 5.82 Å². The molecular formula is C15H18N2O2. The van der Waals surface area contributed by atoms with Crippen LogP contribution >= 0.6 is 0 Å². The zero-order valence-corrected chi connectivity index (χ0v) is 10.9. The van der Waals surface area contributed by atoms with Gasteiger partial charge in [-0.2, -0.15) is 0 Å². The topological polar surface area (TPSA) is 58.1 Å². The van der Waals surface area contributed by atoms with Gasteiger partial charge in [-0.05, 0) is 30.5 Å². The van der Waals surface area contributed by atoms with Crippen molar-refractivity contribution in [1.29, 1.82) is 0 Å². The van der Waals surface area contributed by atoms with Crippen molar-refractivity contribution in [2.45, 2.75) is 30.6 Å². The first kappa shape index (κ1) is 11.4. The molecule has 1 aliphatic heterocycles. The number of nitrogens with one attached hydrogen (secondary N) is 1. The fourth-order valence-corrected chi connectivity index (χ4v) is 2.93. The van der Waals surface area contributed by atoms with E-state index in [2.05, 4.69) is 28.2 Å². The summed E-state index contributed by atoms with van der Waals surface area (Å²) in [5.74, 6) is 1.75. The van der Waals surface area contributed by atoms with Crippen molar-refractivity contribution < 1.29 is 9.84 Å². The number of H-pyrrole nitrogens is 1. The number of ether oxygens (including phenoxy) is 1. The van der Waals surface area contributed by atoms with E-state index < -0.39 is 0 Å². The van der Waals surface area contributed by atoms with Gasteiger partial charge in [0, 0.05) is 5.92 Å². The largest absolute Gasteiger partial charge is 0.395 e. The Bertz CT molecular complexity index is 606. The van der Waals surface area contributed by atoms with E-state index in [0.717, 1.165) is 22.4 Å². The monoisotopic (exact) mass is 258 g/mol. The number of aromatic nitrogens is 2. The van der Waals surface area contributed by atoms with Crippen LogP contribution in [0, 0.1) is 0 Å². The molecule has 1 aromatic heterocycles. The predicted octanol–water partition coefficient (Wildman–Crippen LogP) is 2.09. The lowest BCUT2D eigenvalue weighted by Gasteiger charge is -2.40. The lowest BCUT2D eigenvalue weighted by atomic mass is 9.79. The van der Waals surface area contributed by atoms with Gasteiger partial charge in [0.25, 0.3) is 0 Å². The maximum atomic E-state index is 9.60. The Kier molecular flexibility index (Phi) is 2.44. The minimum atomic E-state index is -0.198. The fraction of sp³-hybridized carbons (Fsp3) is 0.533. The minimum absolute atomic E-state index is 0.141. The van der Waals surface area contributed by atoms with E-state index in [1.54, 1.807) is 0 Å². The summed E-state index contributed by atoms with van der Waals surface area (Å²) in [6, 6.07) is 6.26. The average molecular weight is 258 g/mol. The Morgan fingerprint density at radius 1 is 1.37 bits per heavy atom. The zero-order chi connectivity index (χ0) is 12.9. The van der Waals surface area contributed by atoms with Crippen LogP contribution in [0.5, 0.6) is 0 Å². The van der Waals surface area contributed by atoms with E-state index in [4.69, 9.17) is 4.74 Å². The first-order valence-corrected chi connectivity index (χ1v) is 6.99. The molecule has 0 spiro atoms. The van der Waals surface area contributed by atoms with Crippen LogP contribution in [0.25, 0.3) is 11.0 Å². The maximum Gasteiger partial charge on any atom is 0.110 e. The number of nitrogens with zero attached hydrogens (tertiary/aromatic N) is 1. The summed E-state index contributed by atoms with van der Waals surface area (Å²) in [5.41, 5.74) is 3.06. The summed E-state index contributed by atoms with van der Waals surface area (Å²) >= 11 is 0. The molecule has 0 amide bonds. The molecule has 2 heterocycles. The normalized spacial score (nSPS) is 22.2. The zero-order valence-electron chi connectivity index (χ0n) is 10.9. The Labute approximate surface area is 111 Å². The van der Waals surface area contributed by atoms with Crippen molar-refractivity contribution in [1.82, 2.24) is 9.97 Å². The number of fused-ring (bicyclic) bond motifs is 1. The Hall–Kier alpha value is -1.39. The average Bonchev–Trinajstić information content (AvgIpc) is 2.68. The quantitative estimate of drug-likeness (QED) is 0.886. The van der Waals surface area contributed by atoms with Gasteiger partial charge < -0.3 is 14.8 Å². The second-order valence-corrected chi connectivity index (χ2v) is 5.91. The van der Waals surface area contributed by atoms with Crippen LogP contribution in [0.3, 0.4) is 0 Å². The number of aliphatic hydroxyl groups is 1. The number of rotatable bonds is 3. The third kappa shape index (κ3) is 1.63. The Morgan fingerprint density at radius 3 is 2.79 bits per heavy atom. The van der Waals surface area contributed by atoms with Gasteiger partial charge in [-0.25, -0.2) is 4.98 Å². The molecule has 4 heteroatoms. The van der Waals surface area contributed by atoms with Gasteiger partial charge in [-0.1, -0.05) is 12.5 Å². The highest BCUT2D eigenvalue weighted by atomic mass is 16.5. The SMILES string of the molecule is OCC1(c2ccc3nc(C4CCC4)[nH]c3c2)COC1. The number of aliphatic hydroxyl groups excluding tert-OH is 1. The minimum Gasteiger partial charge on any atom is -0.395 e. The summed E-state index contributed by atoms with van der Waals surface area (Å²) in [7, 11) is 0. The van der Waals surface area contributed by atoms with E-state index in [0.29, 0.717) is 19.1 Å². The Morgan fingerprint density at radius 2 is 2.21 bits per heavy atom. The highest BCUT2D eigenvalue weighted by Gasteiger charge is 2.40. The molecule has 0 bridgehead atoms. The summed E-state index contributed by atoms with van der Waals surface area (Å²) < 4.78 is 5.28. The summed E-state index contributed by atoms with van der Waals surface area (Å²) in [6.45, 7) is 1.36. The molecule has 1 saturated carbocycles. The highest BCUT2D eigenvalue weighted by Crippen LogP contribution is 2.37. The van der Waals surface area contributed by atoms with Crippen LogP contribution in [0.1, 0.15) is 36.6 Å². The number of hydrogen-bond acceptors (Lipinski definition) is 3. The van der Waals surface area contributed by atoms with E-state index in [-0.39, 0.29) is 12.0 Å². The first-order chi connectivity index (χ1) is 9.31. The summed E-state index contributed by atoms with van der Waals surface area (Å²) in [6.07, 6.45) is 3.82. The number of hydrogen-bond donors (Lipinski definition) is 2. The molecule has 1 aromatic carbocycles. The molecule has 2 N–H and O–H groups in total. The molecule has 0 radical (unpaired) electrons. The van der Waals surface area contributed by atoms with Crippen LogP contribution < -0.4 is 0 Å². The van der Waals surface area contributed by atoms with Crippen LogP contribution in [-0.2, 0) is 10.2 Å². The molecule has 0 atom stereocenters. The molecule has 4 rings (SSSR count). The van der Waals surface area contributed by atoms with E-state index in [1.165, 1.54) is 19.3 Å². The van der Waals surface area contributed by atoms with Gasteiger partial charge in [0.15, 0.2) is 0 Å². The van der Waals surface area contributed by atoms with E-state index >= 15 is 0 Å². The van der Waals surface area contributed by atoms with Crippen molar-refractivity contribution >= 4 is 11.0 Å². The van der Waals surface area contributed by atoms with Gasteiger partial charge >= 0.3 is 0 Å². The Balaban J connectivity index is 1.74. The van der Waals surface area contributed by atoms with Crippen molar-refractivity contribution in [3.8, 4) is 0 Å². The molecule has 19 heavy (non-hydrogen) atoms. The molecule has 2 aliphatic rings. The molecule has 2 fully saturated rings. The van der Waals surface area contributed by atoms with Crippen LogP contribution in [0.15, 0.2) is 18.2 Å². The van der Waals surface area contributed by atoms with Gasteiger partial charge in [-0.3, -0.25) is 0 Å². The fourth-order valence-electron chi connectivity index (χ4n) is 2.93. The highest BCUT2D eigenvalue weighted by molar-refractivity contribution is 5.76. The lowest BCUT2D eigenvalue weighted by molar-refractivity contribution is -0.0841. The second-order valence-electron chi connectivity index (χ2n) is 5.91. The third-order valence-electron chi connectivity index (χ3n) is 4.66. The smallest absolute Gasteiger partial charge is 0.110 e. The molecule has 100 valence electrons. The van der Waals surface area contributed by atoms with Crippen molar-refractivity contribution in [3.63, 3.8) is 0 Å². The molecule has 2 aromatic rings. The van der Waals surface area contributed by atoms with Crippen LogP contribution in [0.2, 0.25) is 0 Å². The first-order valence-electron chi connectivity index (χ1n) is 6.99. The van der Waals surface area contributed by atoms with Crippen molar-refractivity contribution in [3.05, 3.63) is 29.6 Å². The number of benzene rings is 1. The predicted molar refractivity (Wildman–Crippen MR) is 72.3 cm³/mol. The molecule has 4 nitrogen and oxygen atoms in total. The second kappa shape index (κ2) is 4.05. The van der Waals surface area contributed by atoms with Crippen LogP contribution in [-0.4, -0.2) is 34.9 Å². The standard InChI is InChI=1S/C15H18N2O2/c18-7-15(8-19-9-15)11-4-5-12-13(6-11)17-14(16-12)10-2-1-3-10/h4-6,10,18H,1-3,7-9H2,(H,16,17). The van der Waals surface area contributed by atoms with Crippen molar-refractivity contribution in [2.24, 2.45) is 0 Å². The molecular weight excluding hydrogens is 240 g/mol. The van der Waals surface area contributed by atoms with Crippen molar-refractivity contribution in [2.75, 3.05) is 19.8 Å².